The van der Waals surface area contributed by atoms with E-state index in [1.165, 1.54) is 10.2 Å². The van der Waals surface area contributed by atoms with Crippen LogP contribution in [0, 0.1) is 13.8 Å². The number of carbonyl (C=O) groups is 1. The molecule has 2 rings (SSSR count). The van der Waals surface area contributed by atoms with E-state index in [9.17, 15) is 9.59 Å². The second-order valence-electron chi connectivity index (χ2n) is 4.71. The first-order valence-electron chi connectivity index (χ1n) is 6.46. The molecule has 1 aromatic heterocycles. The number of hydrogen-bond donors (Lipinski definition) is 3. The predicted octanol–water partition coefficient (Wildman–Crippen LogP) is -0.605. The molecule has 4 N–H and O–H groups in total. The lowest BCUT2D eigenvalue weighted by Crippen LogP contribution is -2.38. The highest BCUT2D eigenvalue weighted by atomic mass is 16.2. The summed E-state index contributed by atoms with van der Waals surface area (Å²) >= 11 is 0. The van der Waals surface area contributed by atoms with Gasteiger partial charge in [-0.15, -0.1) is 0 Å². The Balaban J connectivity index is 2.11. The maximum absolute atomic E-state index is 12.1. The van der Waals surface area contributed by atoms with Crippen LogP contribution in [-0.4, -0.2) is 20.4 Å². The summed E-state index contributed by atoms with van der Waals surface area (Å²) in [5.74, 6) is 4.98. The van der Waals surface area contributed by atoms with E-state index in [-0.39, 0.29) is 6.54 Å². The number of hydrazine groups is 1. The van der Waals surface area contributed by atoms with Gasteiger partial charge in [0.1, 0.15) is 12.4 Å². The van der Waals surface area contributed by atoms with Crippen LogP contribution in [0.2, 0.25) is 0 Å². The Kier molecular flexibility index (Phi) is 4.39. The summed E-state index contributed by atoms with van der Waals surface area (Å²) in [6.07, 6.45) is 0. The normalized spacial score (nSPS) is 10.4. The molecule has 0 spiro atoms. The predicted molar refractivity (Wildman–Crippen MR) is 77.8 cm³/mol. The van der Waals surface area contributed by atoms with Crippen molar-refractivity contribution < 1.29 is 4.79 Å². The largest absolute Gasteiger partial charge is 0.365 e. The number of carbonyl (C=O) groups excluding carboxylic acids is 1. The third-order valence-electron chi connectivity index (χ3n) is 3.02. The standard InChI is InChI=1S/C13H18N6O2/c1-9-3-5-11(6-4-9)7-15-19-10(2)17-18(13(19)21)8-12(20)16-14/h3-6,15H,7-8,14H2,1-2H3,(H,16,20). The lowest BCUT2D eigenvalue weighted by atomic mass is 10.1. The quantitative estimate of drug-likeness (QED) is 0.387. The SMILES string of the molecule is Cc1ccc(CNn2c(C)nn(CC(=O)NN)c2=O)cc1. The van der Waals surface area contributed by atoms with Crippen molar-refractivity contribution in [1.29, 1.82) is 0 Å². The van der Waals surface area contributed by atoms with Gasteiger partial charge in [-0.1, -0.05) is 29.8 Å². The van der Waals surface area contributed by atoms with Crippen molar-refractivity contribution in [1.82, 2.24) is 19.9 Å². The van der Waals surface area contributed by atoms with E-state index in [4.69, 9.17) is 5.84 Å². The molecule has 0 bridgehead atoms. The molecule has 0 unspecified atom stereocenters. The Morgan fingerprint density at radius 2 is 1.95 bits per heavy atom. The fourth-order valence-electron chi connectivity index (χ4n) is 1.86. The van der Waals surface area contributed by atoms with E-state index >= 15 is 0 Å². The summed E-state index contributed by atoms with van der Waals surface area (Å²) in [6, 6.07) is 7.97. The van der Waals surface area contributed by atoms with Crippen molar-refractivity contribution >= 4 is 5.91 Å². The molecule has 0 atom stereocenters. The maximum atomic E-state index is 12.1. The number of aryl methyl sites for hydroxylation is 2. The molecule has 0 radical (unpaired) electrons. The van der Waals surface area contributed by atoms with Gasteiger partial charge in [0.15, 0.2) is 0 Å². The summed E-state index contributed by atoms with van der Waals surface area (Å²) in [5.41, 5.74) is 6.75. The molecule has 1 aromatic carbocycles. The molecule has 8 nitrogen and oxygen atoms in total. The molecule has 21 heavy (non-hydrogen) atoms. The number of nitrogens with one attached hydrogen (secondary N) is 2. The molecule has 0 saturated carbocycles. The molecule has 0 saturated heterocycles. The first kappa shape index (κ1) is 14.8. The fraction of sp³-hybridized carbons (Fsp3) is 0.308. The van der Waals surface area contributed by atoms with E-state index in [0.717, 1.165) is 10.2 Å². The summed E-state index contributed by atoms with van der Waals surface area (Å²) in [6.45, 7) is 3.96. The number of hydrogen-bond acceptors (Lipinski definition) is 5. The Morgan fingerprint density at radius 1 is 1.29 bits per heavy atom. The smallest absolute Gasteiger partial charge is 0.316 e. The number of aromatic nitrogens is 3. The van der Waals surface area contributed by atoms with Gasteiger partial charge in [0, 0.05) is 0 Å². The molecule has 112 valence electrons. The first-order chi connectivity index (χ1) is 10.0. The van der Waals surface area contributed by atoms with Crippen LogP contribution in [0.25, 0.3) is 0 Å². The number of amides is 1. The van der Waals surface area contributed by atoms with E-state index in [2.05, 4.69) is 10.5 Å². The van der Waals surface area contributed by atoms with Crippen molar-refractivity contribution in [2.45, 2.75) is 26.9 Å². The number of benzene rings is 1. The van der Waals surface area contributed by atoms with Crippen LogP contribution in [0.15, 0.2) is 29.1 Å². The monoisotopic (exact) mass is 290 g/mol. The van der Waals surface area contributed by atoms with Crippen LogP contribution in [-0.2, 0) is 17.9 Å². The highest BCUT2D eigenvalue weighted by Crippen LogP contribution is 2.03. The van der Waals surface area contributed by atoms with Gasteiger partial charge in [-0.05, 0) is 19.4 Å². The van der Waals surface area contributed by atoms with E-state index in [0.29, 0.717) is 12.4 Å². The molecule has 0 fully saturated rings. The molecule has 0 aliphatic rings. The summed E-state index contributed by atoms with van der Waals surface area (Å²) in [5, 5.41) is 4.01. The summed E-state index contributed by atoms with van der Waals surface area (Å²) < 4.78 is 2.36. The van der Waals surface area contributed by atoms with Crippen LogP contribution in [0.4, 0.5) is 0 Å². The Bertz CT molecular complexity index is 686. The van der Waals surface area contributed by atoms with E-state index in [1.54, 1.807) is 6.92 Å². The molecular formula is C13H18N6O2. The van der Waals surface area contributed by atoms with Gasteiger partial charge in [0.05, 0.1) is 6.54 Å². The van der Waals surface area contributed by atoms with E-state index in [1.807, 2.05) is 36.6 Å². The van der Waals surface area contributed by atoms with Crippen molar-refractivity contribution in [2.75, 3.05) is 5.43 Å². The molecule has 1 amide bonds. The average molecular weight is 290 g/mol. The zero-order chi connectivity index (χ0) is 15.4. The zero-order valence-corrected chi connectivity index (χ0v) is 12.0. The van der Waals surface area contributed by atoms with Crippen molar-refractivity contribution in [3.63, 3.8) is 0 Å². The van der Waals surface area contributed by atoms with Crippen LogP contribution in [0.5, 0.6) is 0 Å². The number of nitrogens with two attached hydrogens (primary N) is 1. The lowest BCUT2D eigenvalue weighted by molar-refractivity contribution is -0.121. The van der Waals surface area contributed by atoms with Gasteiger partial charge in [0.25, 0.3) is 5.91 Å². The van der Waals surface area contributed by atoms with Crippen molar-refractivity contribution in [3.05, 3.63) is 51.7 Å². The third-order valence-corrected chi connectivity index (χ3v) is 3.02. The minimum absolute atomic E-state index is 0.213. The second-order valence-corrected chi connectivity index (χ2v) is 4.71. The lowest BCUT2D eigenvalue weighted by Gasteiger charge is -2.07. The molecule has 2 aromatic rings. The van der Waals surface area contributed by atoms with Crippen LogP contribution in [0.1, 0.15) is 17.0 Å². The van der Waals surface area contributed by atoms with Gasteiger partial charge in [-0.2, -0.15) is 9.77 Å². The fourth-order valence-corrected chi connectivity index (χ4v) is 1.86. The molecule has 0 aliphatic heterocycles. The molecule has 0 aliphatic carbocycles. The third kappa shape index (κ3) is 3.48. The molecule has 8 heteroatoms. The van der Waals surface area contributed by atoms with Crippen LogP contribution < -0.4 is 22.4 Å². The zero-order valence-electron chi connectivity index (χ0n) is 12.0. The van der Waals surface area contributed by atoms with Gasteiger partial charge >= 0.3 is 5.69 Å². The average Bonchev–Trinajstić information content (AvgIpc) is 2.73. The first-order valence-corrected chi connectivity index (χ1v) is 6.46. The number of rotatable bonds is 5. The Labute approximate surface area is 121 Å². The minimum atomic E-state index is -0.486. The van der Waals surface area contributed by atoms with Gasteiger partial charge in [-0.3, -0.25) is 10.2 Å². The summed E-state index contributed by atoms with van der Waals surface area (Å²) in [4.78, 5) is 23.3. The maximum Gasteiger partial charge on any atom is 0.365 e. The van der Waals surface area contributed by atoms with E-state index < -0.39 is 11.6 Å². The molecule has 1 heterocycles. The topological polar surface area (TPSA) is 107 Å². The van der Waals surface area contributed by atoms with Crippen molar-refractivity contribution in [2.24, 2.45) is 5.84 Å². The number of nitrogens with zero attached hydrogens (tertiary/aromatic N) is 3. The van der Waals surface area contributed by atoms with Crippen LogP contribution >= 0.6 is 0 Å². The Morgan fingerprint density at radius 3 is 2.57 bits per heavy atom. The summed E-state index contributed by atoms with van der Waals surface area (Å²) in [7, 11) is 0. The van der Waals surface area contributed by atoms with Crippen molar-refractivity contribution in [3.8, 4) is 0 Å². The molecular weight excluding hydrogens is 272 g/mol. The van der Waals surface area contributed by atoms with Gasteiger partial charge < -0.3 is 5.43 Å². The highest BCUT2D eigenvalue weighted by Gasteiger charge is 2.12. The van der Waals surface area contributed by atoms with Gasteiger partial charge in [-0.25, -0.2) is 15.3 Å². The van der Waals surface area contributed by atoms with Crippen LogP contribution in [0.3, 0.4) is 0 Å². The highest BCUT2D eigenvalue weighted by molar-refractivity contribution is 5.74. The van der Waals surface area contributed by atoms with Gasteiger partial charge in [0.2, 0.25) is 0 Å². The Hall–Kier alpha value is -2.61. The minimum Gasteiger partial charge on any atom is -0.316 e. The second kappa shape index (κ2) is 6.23.